The lowest BCUT2D eigenvalue weighted by molar-refractivity contribution is -0.163. The maximum atomic E-state index is 12.1. The first-order valence-corrected chi connectivity index (χ1v) is 6.58. The van der Waals surface area contributed by atoms with E-state index in [1.807, 2.05) is 44.2 Å². The number of hydrogen-bond donors (Lipinski definition) is 1. The van der Waals surface area contributed by atoms with Crippen LogP contribution in [0.5, 0.6) is 0 Å². The molecule has 1 aromatic rings. The highest BCUT2D eigenvalue weighted by atomic mass is 35.5. The Bertz CT molecular complexity index is 427. The second-order valence-corrected chi connectivity index (χ2v) is 5.66. The summed E-state index contributed by atoms with van der Waals surface area (Å²) in [7, 11) is 0. The molecule has 1 N–H and O–H groups in total. The molecule has 3 nitrogen and oxygen atoms in total. The van der Waals surface area contributed by atoms with Crippen molar-refractivity contribution in [1.29, 1.82) is 0 Å². The summed E-state index contributed by atoms with van der Waals surface area (Å²) in [6.45, 7) is 4.66. The van der Waals surface area contributed by atoms with E-state index in [1.54, 1.807) is 4.90 Å². The summed E-state index contributed by atoms with van der Waals surface area (Å²) in [6.07, 6.45) is 0. The molecule has 0 aromatic heterocycles. The molecule has 98 valence electrons. The highest BCUT2D eigenvalue weighted by molar-refractivity contribution is 6.30. The second-order valence-electron chi connectivity index (χ2n) is 5.23. The Balaban J connectivity index is 1.99. The van der Waals surface area contributed by atoms with Crippen molar-refractivity contribution in [3.8, 4) is 0 Å². The van der Waals surface area contributed by atoms with Crippen molar-refractivity contribution in [3.05, 3.63) is 35.9 Å². The molecular weight excluding hydrogens is 250 g/mol. The summed E-state index contributed by atoms with van der Waals surface area (Å²) in [6, 6.07) is 9.28. The van der Waals surface area contributed by atoms with Gasteiger partial charge in [-0.2, -0.15) is 0 Å². The van der Waals surface area contributed by atoms with Gasteiger partial charge in [-0.15, -0.1) is 11.6 Å². The number of benzene rings is 1. The van der Waals surface area contributed by atoms with Gasteiger partial charge in [-0.3, -0.25) is 4.79 Å². The maximum Gasteiger partial charge on any atom is 0.245 e. The van der Waals surface area contributed by atoms with Crippen LogP contribution < -0.4 is 0 Å². The standard InChI is InChI=1S/C14H18ClNO2/c1-10(2)14(18)8-16(9-14)13(17)12(15)11-6-4-3-5-7-11/h3-7,10,12,18H,8-9H2,1-2H3. The molecule has 1 aliphatic heterocycles. The van der Waals surface area contributed by atoms with E-state index in [0.29, 0.717) is 13.1 Å². The second kappa shape index (κ2) is 4.90. The van der Waals surface area contributed by atoms with Gasteiger partial charge < -0.3 is 10.0 Å². The number of likely N-dealkylation sites (tertiary alicyclic amines) is 1. The number of carbonyl (C=O) groups excluding carboxylic acids is 1. The van der Waals surface area contributed by atoms with E-state index in [2.05, 4.69) is 0 Å². The molecule has 2 rings (SSSR count). The lowest BCUT2D eigenvalue weighted by Gasteiger charge is -2.49. The first-order chi connectivity index (χ1) is 8.44. The number of hydrogen-bond acceptors (Lipinski definition) is 2. The van der Waals surface area contributed by atoms with Crippen LogP contribution in [0.15, 0.2) is 30.3 Å². The Morgan fingerprint density at radius 3 is 2.39 bits per heavy atom. The van der Waals surface area contributed by atoms with Gasteiger partial charge in [0.1, 0.15) is 11.0 Å². The van der Waals surface area contributed by atoms with E-state index in [9.17, 15) is 9.90 Å². The first kappa shape index (κ1) is 13.4. The van der Waals surface area contributed by atoms with Crippen LogP contribution in [-0.2, 0) is 4.79 Å². The van der Waals surface area contributed by atoms with Gasteiger partial charge in [-0.25, -0.2) is 0 Å². The Labute approximate surface area is 112 Å². The lowest BCUT2D eigenvalue weighted by Crippen LogP contribution is -2.66. The number of aliphatic hydroxyl groups is 1. The van der Waals surface area contributed by atoms with Crippen LogP contribution >= 0.6 is 11.6 Å². The average molecular weight is 268 g/mol. The Morgan fingerprint density at radius 2 is 1.89 bits per heavy atom. The third kappa shape index (κ3) is 2.38. The van der Waals surface area contributed by atoms with Gasteiger partial charge in [0.15, 0.2) is 0 Å². The van der Waals surface area contributed by atoms with Crippen LogP contribution in [0, 0.1) is 5.92 Å². The van der Waals surface area contributed by atoms with Crippen LogP contribution in [0.4, 0.5) is 0 Å². The van der Waals surface area contributed by atoms with Crippen LogP contribution in [0.3, 0.4) is 0 Å². The quantitative estimate of drug-likeness (QED) is 0.853. The summed E-state index contributed by atoms with van der Waals surface area (Å²) >= 11 is 6.16. The molecule has 0 spiro atoms. The van der Waals surface area contributed by atoms with E-state index < -0.39 is 11.0 Å². The fourth-order valence-corrected chi connectivity index (χ4v) is 2.34. The van der Waals surface area contributed by atoms with Crippen molar-refractivity contribution in [1.82, 2.24) is 4.90 Å². The van der Waals surface area contributed by atoms with Crippen LogP contribution in [0.25, 0.3) is 0 Å². The lowest BCUT2D eigenvalue weighted by atomic mass is 9.82. The summed E-state index contributed by atoms with van der Waals surface area (Å²) in [5.74, 6) is 0.0141. The van der Waals surface area contributed by atoms with Gasteiger partial charge in [0.05, 0.1) is 13.1 Å². The first-order valence-electron chi connectivity index (χ1n) is 6.14. The fraction of sp³-hybridized carbons (Fsp3) is 0.500. The monoisotopic (exact) mass is 267 g/mol. The predicted octanol–water partition coefficient (Wildman–Crippen LogP) is 2.20. The number of β-amino-alcohol motifs (C(OH)–C–C–N with tert-alkyl or cyclic N) is 1. The maximum absolute atomic E-state index is 12.1. The van der Waals surface area contributed by atoms with Crippen molar-refractivity contribution in [2.45, 2.75) is 24.8 Å². The number of alkyl halides is 1. The van der Waals surface area contributed by atoms with Crippen molar-refractivity contribution < 1.29 is 9.90 Å². The molecule has 1 unspecified atom stereocenters. The molecule has 0 radical (unpaired) electrons. The summed E-state index contributed by atoms with van der Waals surface area (Å²) in [5, 5.41) is 9.46. The number of rotatable bonds is 3. The minimum absolute atomic E-state index is 0.131. The molecule has 1 amide bonds. The number of carbonyl (C=O) groups is 1. The number of halogens is 1. The van der Waals surface area contributed by atoms with E-state index in [-0.39, 0.29) is 11.8 Å². The normalized spacial score (nSPS) is 19.5. The summed E-state index contributed by atoms with van der Waals surface area (Å²) in [5.41, 5.74) is 0.0484. The van der Waals surface area contributed by atoms with E-state index in [0.717, 1.165) is 5.56 Å². The minimum Gasteiger partial charge on any atom is -0.386 e. The zero-order valence-corrected chi connectivity index (χ0v) is 11.4. The number of amides is 1. The summed E-state index contributed by atoms with van der Waals surface area (Å²) < 4.78 is 0. The molecule has 1 atom stereocenters. The molecule has 1 fully saturated rings. The minimum atomic E-state index is -0.747. The predicted molar refractivity (Wildman–Crippen MR) is 71.4 cm³/mol. The molecule has 1 aliphatic rings. The van der Waals surface area contributed by atoms with Gasteiger partial charge in [-0.05, 0) is 11.5 Å². The van der Waals surface area contributed by atoms with Gasteiger partial charge in [0, 0.05) is 0 Å². The van der Waals surface area contributed by atoms with E-state index >= 15 is 0 Å². The van der Waals surface area contributed by atoms with Gasteiger partial charge in [0.2, 0.25) is 5.91 Å². The highest BCUT2D eigenvalue weighted by Crippen LogP contribution is 2.32. The van der Waals surface area contributed by atoms with E-state index in [4.69, 9.17) is 11.6 Å². The van der Waals surface area contributed by atoms with Gasteiger partial charge >= 0.3 is 0 Å². The third-order valence-electron chi connectivity index (χ3n) is 3.62. The van der Waals surface area contributed by atoms with E-state index in [1.165, 1.54) is 0 Å². The van der Waals surface area contributed by atoms with Crippen LogP contribution in [0.2, 0.25) is 0 Å². The Morgan fingerprint density at radius 1 is 1.33 bits per heavy atom. The molecule has 0 bridgehead atoms. The summed E-state index contributed by atoms with van der Waals surface area (Å²) in [4.78, 5) is 13.7. The van der Waals surface area contributed by atoms with Crippen molar-refractivity contribution >= 4 is 17.5 Å². The smallest absolute Gasteiger partial charge is 0.245 e. The van der Waals surface area contributed by atoms with Gasteiger partial charge in [0.25, 0.3) is 0 Å². The number of nitrogens with zero attached hydrogens (tertiary/aromatic N) is 1. The van der Waals surface area contributed by atoms with Crippen LogP contribution in [-0.4, -0.2) is 34.6 Å². The molecular formula is C14H18ClNO2. The highest BCUT2D eigenvalue weighted by Gasteiger charge is 2.46. The zero-order chi connectivity index (χ0) is 13.3. The Hall–Kier alpha value is -1.06. The molecule has 0 aliphatic carbocycles. The van der Waals surface area contributed by atoms with Crippen LogP contribution in [0.1, 0.15) is 24.8 Å². The van der Waals surface area contributed by atoms with Crippen molar-refractivity contribution in [2.75, 3.05) is 13.1 Å². The fourth-order valence-electron chi connectivity index (χ4n) is 2.06. The molecule has 1 heterocycles. The SMILES string of the molecule is CC(C)C1(O)CN(C(=O)C(Cl)c2ccccc2)C1. The molecule has 1 saturated heterocycles. The molecule has 0 saturated carbocycles. The third-order valence-corrected chi connectivity index (χ3v) is 4.06. The average Bonchev–Trinajstić information content (AvgIpc) is 2.34. The molecule has 4 heteroatoms. The zero-order valence-electron chi connectivity index (χ0n) is 10.6. The van der Waals surface area contributed by atoms with Crippen molar-refractivity contribution in [3.63, 3.8) is 0 Å². The Kier molecular flexibility index (Phi) is 3.64. The topological polar surface area (TPSA) is 40.5 Å². The molecule has 1 aromatic carbocycles. The van der Waals surface area contributed by atoms with Gasteiger partial charge in [-0.1, -0.05) is 44.2 Å². The largest absolute Gasteiger partial charge is 0.386 e. The van der Waals surface area contributed by atoms with Crippen molar-refractivity contribution in [2.24, 2.45) is 5.92 Å². The molecule has 18 heavy (non-hydrogen) atoms.